The van der Waals surface area contributed by atoms with E-state index in [1.807, 2.05) is 0 Å². The van der Waals surface area contributed by atoms with Crippen molar-refractivity contribution in [2.75, 3.05) is 13.1 Å². The van der Waals surface area contributed by atoms with Crippen LogP contribution < -0.4 is 10.6 Å². The Morgan fingerprint density at radius 1 is 0.960 bits per heavy atom. The molecule has 25 heavy (non-hydrogen) atoms. The van der Waals surface area contributed by atoms with Gasteiger partial charge in [-0.05, 0) is 37.5 Å². The van der Waals surface area contributed by atoms with Gasteiger partial charge in [0, 0.05) is 19.5 Å². The maximum absolute atomic E-state index is 12.0. The van der Waals surface area contributed by atoms with Gasteiger partial charge >= 0.3 is 0 Å². The summed E-state index contributed by atoms with van der Waals surface area (Å²) in [6, 6.07) is 15.2. The lowest BCUT2D eigenvalue weighted by Gasteiger charge is -2.08. The molecule has 2 N–H and O–H groups in total. The van der Waals surface area contributed by atoms with E-state index >= 15 is 0 Å². The zero-order chi connectivity index (χ0) is 18.1. The number of aryl methyl sites for hydroxylation is 2. The van der Waals surface area contributed by atoms with Crippen molar-refractivity contribution in [2.45, 2.75) is 26.2 Å². The molecule has 0 heterocycles. The molecule has 0 saturated carbocycles. The molecule has 0 atom stereocenters. The van der Waals surface area contributed by atoms with Crippen LogP contribution in [0.25, 0.3) is 0 Å². The molecule has 0 spiro atoms. The van der Waals surface area contributed by atoms with Crippen LogP contribution in [0.4, 0.5) is 0 Å². The van der Waals surface area contributed by atoms with E-state index in [-0.39, 0.29) is 11.8 Å². The molecule has 132 valence electrons. The number of nitrogens with one attached hydrogen (secondary N) is 2. The number of benzene rings is 2. The molecule has 0 bridgehead atoms. The fourth-order valence-electron chi connectivity index (χ4n) is 2.41. The van der Waals surface area contributed by atoms with Gasteiger partial charge in [-0.2, -0.15) is 0 Å². The average Bonchev–Trinajstić information content (AvgIpc) is 2.60. The Bertz CT molecular complexity index is 714. The largest absolute Gasteiger partial charge is 0.354 e. The number of carbonyl (C=O) groups excluding carboxylic acids is 2. The van der Waals surface area contributed by atoms with Crippen LogP contribution in [0.3, 0.4) is 0 Å². The van der Waals surface area contributed by atoms with Crippen LogP contribution >= 0.6 is 11.6 Å². The highest BCUT2D eigenvalue weighted by atomic mass is 35.5. The first-order chi connectivity index (χ1) is 12.1. The summed E-state index contributed by atoms with van der Waals surface area (Å²) < 4.78 is 0. The fourth-order valence-corrected chi connectivity index (χ4v) is 2.64. The Balaban J connectivity index is 1.60. The Labute approximate surface area is 153 Å². The highest BCUT2D eigenvalue weighted by Gasteiger charge is 2.08. The van der Waals surface area contributed by atoms with Crippen LogP contribution in [0.1, 0.15) is 34.3 Å². The normalized spacial score (nSPS) is 10.3. The van der Waals surface area contributed by atoms with Crippen molar-refractivity contribution in [3.8, 4) is 0 Å². The molecule has 0 aliphatic rings. The Hall–Kier alpha value is -2.33. The summed E-state index contributed by atoms with van der Waals surface area (Å²) in [5, 5.41) is 5.97. The number of carbonyl (C=O) groups is 2. The van der Waals surface area contributed by atoms with E-state index < -0.39 is 0 Å². The van der Waals surface area contributed by atoms with E-state index in [2.05, 4.69) is 41.8 Å². The zero-order valence-corrected chi connectivity index (χ0v) is 15.1. The van der Waals surface area contributed by atoms with Gasteiger partial charge in [0.25, 0.3) is 5.91 Å². The van der Waals surface area contributed by atoms with Crippen molar-refractivity contribution in [3.63, 3.8) is 0 Å². The van der Waals surface area contributed by atoms with Crippen LogP contribution in [0.5, 0.6) is 0 Å². The van der Waals surface area contributed by atoms with Crippen LogP contribution in [0.2, 0.25) is 5.02 Å². The molecule has 0 fully saturated rings. The minimum absolute atomic E-state index is 0.000829. The number of halogens is 1. The van der Waals surface area contributed by atoms with E-state index in [1.165, 1.54) is 11.1 Å². The average molecular weight is 359 g/mol. The predicted octanol–water partition coefficient (Wildman–Crippen LogP) is 3.52. The molecule has 4 nitrogen and oxygen atoms in total. The number of hydrogen-bond acceptors (Lipinski definition) is 2. The predicted molar refractivity (Wildman–Crippen MR) is 101 cm³/mol. The summed E-state index contributed by atoms with van der Waals surface area (Å²) in [5.74, 6) is -0.238. The Morgan fingerprint density at radius 3 is 2.36 bits per heavy atom. The Kier molecular flexibility index (Phi) is 7.48. The molecular weight excluding hydrogens is 336 g/mol. The standard InChI is InChI=1S/C20H23ClN2O2/c1-15-9-11-16(12-10-15)5-4-8-19(24)22-13-14-23-20(25)17-6-2-3-7-18(17)21/h2-3,6-7,9-12H,4-5,8,13-14H2,1H3,(H,22,24)(H,23,25). The van der Waals surface area contributed by atoms with Crippen LogP contribution in [0, 0.1) is 6.92 Å². The van der Waals surface area contributed by atoms with Gasteiger partial charge in [-0.25, -0.2) is 0 Å². The van der Waals surface area contributed by atoms with E-state index in [1.54, 1.807) is 24.3 Å². The summed E-state index contributed by atoms with van der Waals surface area (Å²) in [6.07, 6.45) is 2.17. The fraction of sp³-hybridized carbons (Fsp3) is 0.300. The SMILES string of the molecule is Cc1ccc(CCCC(=O)NCCNC(=O)c2ccccc2Cl)cc1. The van der Waals surface area contributed by atoms with Crippen LogP contribution in [-0.4, -0.2) is 24.9 Å². The zero-order valence-electron chi connectivity index (χ0n) is 14.3. The smallest absolute Gasteiger partial charge is 0.252 e. The lowest BCUT2D eigenvalue weighted by molar-refractivity contribution is -0.121. The molecule has 0 saturated heterocycles. The number of hydrogen-bond donors (Lipinski definition) is 2. The van der Waals surface area contributed by atoms with Gasteiger partial charge in [-0.3, -0.25) is 9.59 Å². The molecule has 2 aromatic rings. The van der Waals surface area contributed by atoms with Crippen molar-refractivity contribution >= 4 is 23.4 Å². The van der Waals surface area contributed by atoms with Crippen LogP contribution in [0.15, 0.2) is 48.5 Å². The van der Waals surface area contributed by atoms with E-state index in [0.717, 1.165) is 12.8 Å². The van der Waals surface area contributed by atoms with Crippen molar-refractivity contribution in [3.05, 3.63) is 70.2 Å². The molecule has 2 aromatic carbocycles. The van der Waals surface area contributed by atoms with Crippen molar-refractivity contribution in [1.29, 1.82) is 0 Å². The maximum Gasteiger partial charge on any atom is 0.252 e. The van der Waals surface area contributed by atoms with E-state index in [0.29, 0.717) is 30.1 Å². The summed E-state index contributed by atoms with van der Waals surface area (Å²) in [4.78, 5) is 23.8. The summed E-state index contributed by atoms with van der Waals surface area (Å²) in [5.41, 5.74) is 2.92. The highest BCUT2D eigenvalue weighted by molar-refractivity contribution is 6.33. The minimum Gasteiger partial charge on any atom is -0.354 e. The lowest BCUT2D eigenvalue weighted by atomic mass is 10.1. The van der Waals surface area contributed by atoms with Gasteiger partial charge in [-0.1, -0.05) is 53.6 Å². The topological polar surface area (TPSA) is 58.2 Å². The summed E-state index contributed by atoms with van der Waals surface area (Å²) in [6.45, 7) is 2.83. The third-order valence-electron chi connectivity index (χ3n) is 3.84. The van der Waals surface area contributed by atoms with Gasteiger partial charge in [-0.15, -0.1) is 0 Å². The highest BCUT2D eigenvalue weighted by Crippen LogP contribution is 2.14. The second-order valence-electron chi connectivity index (χ2n) is 5.92. The monoisotopic (exact) mass is 358 g/mol. The van der Waals surface area contributed by atoms with Gasteiger partial charge in [0.2, 0.25) is 5.91 Å². The molecule has 0 radical (unpaired) electrons. The van der Waals surface area contributed by atoms with Gasteiger partial charge in [0.1, 0.15) is 0 Å². The second-order valence-corrected chi connectivity index (χ2v) is 6.33. The molecule has 0 aliphatic heterocycles. The van der Waals surface area contributed by atoms with Gasteiger partial charge < -0.3 is 10.6 Å². The van der Waals surface area contributed by atoms with Crippen molar-refractivity contribution < 1.29 is 9.59 Å². The van der Waals surface area contributed by atoms with E-state index in [9.17, 15) is 9.59 Å². The summed E-state index contributed by atoms with van der Waals surface area (Å²) >= 11 is 5.97. The molecule has 0 aliphatic carbocycles. The quantitative estimate of drug-likeness (QED) is 0.709. The Morgan fingerprint density at radius 2 is 1.64 bits per heavy atom. The molecule has 5 heteroatoms. The third-order valence-corrected chi connectivity index (χ3v) is 4.17. The first-order valence-electron chi connectivity index (χ1n) is 8.41. The van der Waals surface area contributed by atoms with E-state index in [4.69, 9.17) is 11.6 Å². The molecule has 0 unspecified atom stereocenters. The molecular formula is C20H23ClN2O2. The number of amides is 2. The number of rotatable bonds is 8. The van der Waals surface area contributed by atoms with Gasteiger partial charge in [0.15, 0.2) is 0 Å². The van der Waals surface area contributed by atoms with Crippen molar-refractivity contribution in [2.24, 2.45) is 0 Å². The van der Waals surface area contributed by atoms with Gasteiger partial charge in [0.05, 0.1) is 10.6 Å². The molecule has 0 aromatic heterocycles. The minimum atomic E-state index is -0.237. The summed E-state index contributed by atoms with van der Waals surface area (Å²) in [7, 11) is 0. The molecule has 2 rings (SSSR count). The maximum atomic E-state index is 12.0. The van der Waals surface area contributed by atoms with Crippen LogP contribution in [-0.2, 0) is 11.2 Å². The third kappa shape index (κ3) is 6.59. The first kappa shape index (κ1) is 19.0. The molecule has 2 amide bonds. The first-order valence-corrected chi connectivity index (χ1v) is 8.79. The lowest BCUT2D eigenvalue weighted by Crippen LogP contribution is -2.34. The van der Waals surface area contributed by atoms with Crippen molar-refractivity contribution in [1.82, 2.24) is 10.6 Å². The second kappa shape index (κ2) is 9.84.